The fraction of sp³-hybridized carbons (Fsp3) is 0. The van der Waals surface area contributed by atoms with Gasteiger partial charge in [-0.15, -0.1) is 0 Å². The summed E-state index contributed by atoms with van der Waals surface area (Å²) >= 11 is 0. The van der Waals surface area contributed by atoms with E-state index >= 15 is 0 Å². The van der Waals surface area contributed by atoms with Crippen LogP contribution in [0.3, 0.4) is 0 Å². The van der Waals surface area contributed by atoms with E-state index in [0.29, 0.717) is 22.5 Å². The molecule has 3 N–H and O–H groups in total. The molecular weight excluding hydrogens is 292 g/mol. The molecule has 5 nitrogen and oxygen atoms in total. The van der Waals surface area contributed by atoms with Crippen molar-refractivity contribution in [2.75, 3.05) is 11.1 Å². The average Bonchev–Trinajstić information content (AvgIpc) is 3.11. The maximum Gasteiger partial charge on any atom is 0.291 e. The Hall–Kier alpha value is -3.34. The standard InChI is InChI=1S/C18H14N2O3/c19-13-8-9-15(20-18(22)16-7-4-10-23-16)14(11-13)17(21)12-5-2-1-3-6-12/h1-11H,19H2,(H,20,22). The van der Waals surface area contributed by atoms with Crippen LogP contribution in [0.25, 0.3) is 0 Å². The molecule has 2 aromatic carbocycles. The molecule has 0 radical (unpaired) electrons. The summed E-state index contributed by atoms with van der Waals surface area (Å²) in [7, 11) is 0. The zero-order chi connectivity index (χ0) is 16.2. The highest BCUT2D eigenvalue weighted by molar-refractivity contribution is 6.15. The zero-order valence-corrected chi connectivity index (χ0v) is 12.2. The Kier molecular flexibility index (Phi) is 3.93. The molecule has 0 fully saturated rings. The molecule has 0 saturated heterocycles. The van der Waals surface area contributed by atoms with E-state index in [1.54, 1.807) is 54.6 Å². The fourth-order valence-electron chi connectivity index (χ4n) is 2.20. The van der Waals surface area contributed by atoms with E-state index < -0.39 is 5.91 Å². The summed E-state index contributed by atoms with van der Waals surface area (Å²) in [6.07, 6.45) is 1.41. The van der Waals surface area contributed by atoms with Crippen molar-refractivity contribution in [2.24, 2.45) is 0 Å². The Bertz CT molecular complexity index is 840. The van der Waals surface area contributed by atoms with Gasteiger partial charge in [-0.25, -0.2) is 0 Å². The van der Waals surface area contributed by atoms with Crippen molar-refractivity contribution in [1.82, 2.24) is 0 Å². The van der Waals surface area contributed by atoms with Crippen molar-refractivity contribution in [3.63, 3.8) is 0 Å². The lowest BCUT2D eigenvalue weighted by Gasteiger charge is -2.10. The molecule has 0 aliphatic carbocycles. The molecule has 3 aromatic rings. The quantitative estimate of drug-likeness (QED) is 0.572. The number of nitrogen functional groups attached to an aromatic ring is 1. The molecule has 23 heavy (non-hydrogen) atoms. The lowest BCUT2D eigenvalue weighted by molar-refractivity contribution is 0.0996. The largest absolute Gasteiger partial charge is 0.459 e. The molecule has 1 amide bonds. The van der Waals surface area contributed by atoms with E-state index in [1.807, 2.05) is 6.07 Å². The molecule has 0 saturated carbocycles. The van der Waals surface area contributed by atoms with Crippen molar-refractivity contribution in [3.05, 3.63) is 83.8 Å². The van der Waals surface area contributed by atoms with E-state index in [2.05, 4.69) is 5.32 Å². The number of nitrogens with two attached hydrogens (primary N) is 1. The van der Waals surface area contributed by atoms with Gasteiger partial charge in [-0.2, -0.15) is 0 Å². The number of benzene rings is 2. The second-order valence-electron chi connectivity index (χ2n) is 4.93. The summed E-state index contributed by atoms with van der Waals surface area (Å²) in [5.41, 5.74) is 7.46. The summed E-state index contributed by atoms with van der Waals surface area (Å²) in [5, 5.41) is 2.68. The molecule has 1 aromatic heterocycles. The van der Waals surface area contributed by atoms with Gasteiger partial charge in [0.05, 0.1) is 12.0 Å². The Balaban J connectivity index is 1.95. The van der Waals surface area contributed by atoms with Crippen LogP contribution in [0.5, 0.6) is 0 Å². The van der Waals surface area contributed by atoms with Crippen LogP contribution in [0.1, 0.15) is 26.5 Å². The van der Waals surface area contributed by atoms with Gasteiger partial charge in [0, 0.05) is 16.8 Å². The van der Waals surface area contributed by atoms with Crippen LogP contribution in [0, 0.1) is 0 Å². The highest BCUT2D eigenvalue weighted by Crippen LogP contribution is 2.23. The van der Waals surface area contributed by atoms with Gasteiger partial charge in [-0.1, -0.05) is 30.3 Å². The average molecular weight is 306 g/mol. The lowest BCUT2D eigenvalue weighted by atomic mass is 10.0. The fourth-order valence-corrected chi connectivity index (χ4v) is 2.20. The third kappa shape index (κ3) is 3.13. The summed E-state index contributed by atoms with van der Waals surface area (Å²) in [6.45, 7) is 0. The summed E-state index contributed by atoms with van der Waals surface area (Å²) in [5.74, 6) is -0.477. The first-order valence-electron chi connectivity index (χ1n) is 6.99. The van der Waals surface area contributed by atoms with Crippen molar-refractivity contribution < 1.29 is 14.0 Å². The van der Waals surface area contributed by atoms with Crippen LogP contribution in [-0.2, 0) is 0 Å². The summed E-state index contributed by atoms with van der Waals surface area (Å²) < 4.78 is 5.05. The highest BCUT2D eigenvalue weighted by atomic mass is 16.3. The highest BCUT2D eigenvalue weighted by Gasteiger charge is 2.17. The summed E-state index contributed by atoms with van der Waals surface area (Å²) in [4.78, 5) is 24.8. The minimum absolute atomic E-state index is 0.167. The first kappa shape index (κ1) is 14.6. The minimum Gasteiger partial charge on any atom is -0.459 e. The summed E-state index contributed by atoms with van der Waals surface area (Å²) in [6, 6.07) is 16.8. The van der Waals surface area contributed by atoms with E-state index in [1.165, 1.54) is 6.26 Å². The predicted octanol–water partition coefficient (Wildman–Crippen LogP) is 3.35. The number of hydrogen-bond donors (Lipinski definition) is 2. The van der Waals surface area contributed by atoms with Gasteiger partial charge in [0.2, 0.25) is 0 Å². The van der Waals surface area contributed by atoms with E-state index in [9.17, 15) is 9.59 Å². The van der Waals surface area contributed by atoms with Crippen LogP contribution >= 0.6 is 0 Å². The van der Waals surface area contributed by atoms with Crippen LogP contribution < -0.4 is 11.1 Å². The number of furan rings is 1. The van der Waals surface area contributed by atoms with Crippen LogP contribution in [0.2, 0.25) is 0 Å². The van der Waals surface area contributed by atoms with Crippen molar-refractivity contribution in [1.29, 1.82) is 0 Å². The molecule has 0 spiro atoms. The Labute approximate surface area is 132 Å². The van der Waals surface area contributed by atoms with Crippen molar-refractivity contribution in [3.8, 4) is 0 Å². The Morgan fingerprint density at radius 2 is 1.74 bits per heavy atom. The van der Waals surface area contributed by atoms with E-state index in [4.69, 9.17) is 10.2 Å². The Morgan fingerprint density at radius 1 is 0.957 bits per heavy atom. The predicted molar refractivity (Wildman–Crippen MR) is 87.4 cm³/mol. The first-order valence-corrected chi connectivity index (χ1v) is 6.99. The number of nitrogens with one attached hydrogen (secondary N) is 1. The molecule has 3 rings (SSSR count). The monoisotopic (exact) mass is 306 g/mol. The molecule has 0 bridgehead atoms. The normalized spacial score (nSPS) is 10.3. The number of hydrogen-bond acceptors (Lipinski definition) is 4. The molecule has 0 atom stereocenters. The molecule has 114 valence electrons. The molecule has 1 heterocycles. The number of rotatable bonds is 4. The first-order chi connectivity index (χ1) is 11.1. The molecular formula is C18H14N2O3. The third-order valence-electron chi connectivity index (χ3n) is 3.32. The second-order valence-corrected chi connectivity index (χ2v) is 4.93. The van der Waals surface area contributed by atoms with Crippen LogP contribution in [-0.4, -0.2) is 11.7 Å². The van der Waals surface area contributed by atoms with Crippen molar-refractivity contribution >= 4 is 23.1 Å². The van der Waals surface area contributed by atoms with Gasteiger partial charge in [-0.05, 0) is 30.3 Å². The van der Waals surface area contributed by atoms with Crippen LogP contribution in [0.4, 0.5) is 11.4 Å². The van der Waals surface area contributed by atoms with Gasteiger partial charge in [0.15, 0.2) is 11.5 Å². The minimum atomic E-state index is -0.429. The SMILES string of the molecule is Nc1ccc(NC(=O)c2ccco2)c(C(=O)c2ccccc2)c1. The topological polar surface area (TPSA) is 85.3 Å². The molecule has 5 heteroatoms. The van der Waals surface area contributed by atoms with Gasteiger partial charge >= 0.3 is 0 Å². The zero-order valence-electron chi connectivity index (χ0n) is 12.2. The second kappa shape index (κ2) is 6.19. The third-order valence-corrected chi connectivity index (χ3v) is 3.32. The lowest BCUT2D eigenvalue weighted by Crippen LogP contribution is -2.15. The number of amides is 1. The van der Waals surface area contributed by atoms with Gasteiger partial charge < -0.3 is 15.5 Å². The Morgan fingerprint density at radius 3 is 2.43 bits per heavy atom. The maximum absolute atomic E-state index is 12.7. The van der Waals surface area contributed by atoms with E-state index in [-0.39, 0.29) is 11.5 Å². The smallest absolute Gasteiger partial charge is 0.291 e. The molecule has 0 aliphatic heterocycles. The number of carbonyl (C=O) groups excluding carboxylic acids is 2. The van der Waals surface area contributed by atoms with Gasteiger partial charge in [0.1, 0.15) is 0 Å². The van der Waals surface area contributed by atoms with Crippen molar-refractivity contribution in [2.45, 2.75) is 0 Å². The number of anilines is 2. The van der Waals surface area contributed by atoms with E-state index in [0.717, 1.165) is 0 Å². The van der Waals surface area contributed by atoms with Gasteiger partial charge in [0.25, 0.3) is 5.91 Å². The maximum atomic E-state index is 12.7. The van der Waals surface area contributed by atoms with Gasteiger partial charge in [-0.3, -0.25) is 9.59 Å². The number of carbonyl (C=O) groups is 2. The number of ketones is 1. The molecule has 0 aliphatic rings. The van der Waals surface area contributed by atoms with Crippen LogP contribution in [0.15, 0.2) is 71.3 Å². The molecule has 0 unspecified atom stereocenters.